The number of hydrogen-bond donors (Lipinski definition) is 0. The number of piperazine rings is 1. The number of nitrogens with zero attached hydrogens (tertiary/aromatic N) is 5. The lowest BCUT2D eigenvalue weighted by Crippen LogP contribution is -2.57. The van der Waals surface area contributed by atoms with Crippen LogP contribution in [0.1, 0.15) is 32.3 Å². The molecule has 0 spiro atoms. The third kappa shape index (κ3) is 4.99. The van der Waals surface area contributed by atoms with Crippen molar-refractivity contribution in [3.63, 3.8) is 0 Å². The number of hydrogen-bond acceptors (Lipinski definition) is 7. The lowest BCUT2D eigenvalue weighted by molar-refractivity contribution is 0.0716. The molecule has 3 aromatic rings. The molecule has 0 N–H and O–H groups in total. The molecule has 33 heavy (non-hydrogen) atoms. The maximum atomic E-state index is 6.08. The van der Waals surface area contributed by atoms with Gasteiger partial charge in [0.1, 0.15) is 0 Å². The Morgan fingerprint density at radius 3 is 2.76 bits per heavy atom. The topological polar surface area (TPSA) is 57.9 Å². The first-order valence-corrected chi connectivity index (χ1v) is 12.4. The van der Waals surface area contributed by atoms with Gasteiger partial charge in [0.25, 0.3) is 0 Å². The minimum Gasteiger partial charge on any atom is -0.477 e. The standard InChI is InChI=1S/C26H35N5O2/c1-3-29(4-2)16-20-10-12-25(27-15-20)32-19-21-9-11-22-18-31(14-13-30(22)17-21)26-23-7-5-6-8-24(23)33-28-26/h5-8,10,12,15,21-22H,3-4,9,11,13-14,16-19H2,1-2H3. The van der Waals surface area contributed by atoms with Gasteiger partial charge in [-0.1, -0.05) is 37.2 Å². The Hall–Kier alpha value is -2.64. The average Bonchev–Trinajstić information content (AvgIpc) is 3.30. The van der Waals surface area contributed by atoms with Crippen molar-refractivity contribution in [3.05, 3.63) is 48.2 Å². The summed E-state index contributed by atoms with van der Waals surface area (Å²) in [5.41, 5.74) is 2.11. The summed E-state index contributed by atoms with van der Waals surface area (Å²) in [6, 6.07) is 12.9. The van der Waals surface area contributed by atoms with Gasteiger partial charge in [-0.25, -0.2) is 4.98 Å². The fourth-order valence-electron chi connectivity index (χ4n) is 5.19. The molecule has 2 fully saturated rings. The molecule has 2 atom stereocenters. The molecule has 2 aliphatic rings. The van der Waals surface area contributed by atoms with Crippen molar-refractivity contribution in [1.29, 1.82) is 0 Å². The maximum Gasteiger partial charge on any atom is 0.213 e. The summed E-state index contributed by atoms with van der Waals surface area (Å²) >= 11 is 0. The Morgan fingerprint density at radius 2 is 1.94 bits per heavy atom. The normalized spacial score (nSPS) is 21.5. The first-order valence-electron chi connectivity index (χ1n) is 12.4. The Kier molecular flexibility index (Phi) is 6.78. The molecule has 2 unspecified atom stereocenters. The van der Waals surface area contributed by atoms with Gasteiger partial charge in [-0.05, 0) is 43.6 Å². The summed E-state index contributed by atoms with van der Waals surface area (Å²) in [5.74, 6) is 2.28. The van der Waals surface area contributed by atoms with E-state index in [0.29, 0.717) is 12.0 Å². The Balaban J connectivity index is 1.11. The molecule has 0 radical (unpaired) electrons. The lowest BCUT2D eigenvalue weighted by atomic mass is 9.91. The molecule has 0 aliphatic carbocycles. The van der Waals surface area contributed by atoms with Crippen LogP contribution in [-0.4, -0.2) is 71.9 Å². The summed E-state index contributed by atoms with van der Waals surface area (Å²) in [7, 11) is 0. The summed E-state index contributed by atoms with van der Waals surface area (Å²) in [6.45, 7) is 12.3. The SMILES string of the molecule is CCN(CC)Cc1ccc(OCC2CCC3CN(c4noc5ccccc45)CCN3C2)nc1. The highest BCUT2D eigenvalue weighted by atomic mass is 16.5. The van der Waals surface area contributed by atoms with Crippen molar-refractivity contribution in [2.45, 2.75) is 39.3 Å². The molecule has 7 nitrogen and oxygen atoms in total. The average molecular weight is 450 g/mol. The zero-order valence-corrected chi connectivity index (χ0v) is 19.8. The van der Waals surface area contributed by atoms with E-state index in [0.717, 1.165) is 75.1 Å². The van der Waals surface area contributed by atoms with Gasteiger partial charge in [0.15, 0.2) is 11.4 Å². The molecular formula is C26H35N5O2. The number of piperidine rings is 1. The van der Waals surface area contributed by atoms with Gasteiger partial charge in [-0.2, -0.15) is 0 Å². The molecule has 4 heterocycles. The van der Waals surface area contributed by atoms with Gasteiger partial charge < -0.3 is 14.2 Å². The molecule has 0 bridgehead atoms. The Bertz CT molecular complexity index is 1030. The quantitative estimate of drug-likeness (QED) is 0.514. The summed E-state index contributed by atoms with van der Waals surface area (Å²) < 4.78 is 11.6. The lowest BCUT2D eigenvalue weighted by Gasteiger charge is -2.46. The highest BCUT2D eigenvalue weighted by molar-refractivity contribution is 5.88. The monoisotopic (exact) mass is 449 g/mol. The fraction of sp³-hybridized carbons (Fsp3) is 0.538. The van der Waals surface area contributed by atoms with Gasteiger partial charge in [-0.15, -0.1) is 0 Å². The summed E-state index contributed by atoms with van der Waals surface area (Å²) in [4.78, 5) is 12.0. The largest absolute Gasteiger partial charge is 0.477 e. The number of para-hydroxylation sites is 1. The second-order valence-electron chi connectivity index (χ2n) is 9.32. The van der Waals surface area contributed by atoms with E-state index in [-0.39, 0.29) is 0 Å². The number of aromatic nitrogens is 2. The fourth-order valence-corrected chi connectivity index (χ4v) is 5.19. The molecule has 5 rings (SSSR count). The first-order chi connectivity index (χ1) is 16.2. The van der Waals surface area contributed by atoms with E-state index in [4.69, 9.17) is 9.26 Å². The van der Waals surface area contributed by atoms with Crippen LogP contribution in [0.15, 0.2) is 47.1 Å². The number of benzene rings is 1. The molecular weight excluding hydrogens is 414 g/mol. The van der Waals surface area contributed by atoms with Gasteiger partial charge in [0.05, 0.1) is 12.0 Å². The summed E-state index contributed by atoms with van der Waals surface area (Å²) in [6.07, 6.45) is 4.34. The molecule has 1 aromatic carbocycles. The molecule has 2 aromatic heterocycles. The smallest absolute Gasteiger partial charge is 0.213 e. The highest BCUT2D eigenvalue weighted by Gasteiger charge is 2.34. The van der Waals surface area contributed by atoms with Gasteiger partial charge in [0.2, 0.25) is 5.88 Å². The predicted molar refractivity (Wildman–Crippen MR) is 131 cm³/mol. The van der Waals surface area contributed by atoms with E-state index in [2.05, 4.69) is 56.9 Å². The van der Waals surface area contributed by atoms with E-state index >= 15 is 0 Å². The third-order valence-electron chi connectivity index (χ3n) is 7.23. The molecule has 2 aliphatic heterocycles. The van der Waals surface area contributed by atoms with E-state index < -0.39 is 0 Å². The van der Waals surface area contributed by atoms with Crippen molar-refractivity contribution in [3.8, 4) is 5.88 Å². The van der Waals surface area contributed by atoms with Crippen molar-refractivity contribution in [2.75, 3.05) is 50.8 Å². The highest BCUT2D eigenvalue weighted by Crippen LogP contribution is 2.31. The molecule has 0 saturated carbocycles. The van der Waals surface area contributed by atoms with Crippen LogP contribution in [-0.2, 0) is 6.54 Å². The van der Waals surface area contributed by atoms with Crippen LogP contribution in [0.5, 0.6) is 5.88 Å². The second kappa shape index (κ2) is 10.1. The first kappa shape index (κ1) is 22.2. The summed E-state index contributed by atoms with van der Waals surface area (Å²) in [5, 5.41) is 5.48. The number of pyridine rings is 1. The van der Waals surface area contributed by atoms with Crippen molar-refractivity contribution < 1.29 is 9.26 Å². The van der Waals surface area contributed by atoms with Crippen LogP contribution >= 0.6 is 0 Å². The Morgan fingerprint density at radius 1 is 1.06 bits per heavy atom. The van der Waals surface area contributed by atoms with Crippen molar-refractivity contribution in [1.82, 2.24) is 19.9 Å². The van der Waals surface area contributed by atoms with Crippen LogP contribution in [0.3, 0.4) is 0 Å². The van der Waals surface area contributed by atoms with Gasteiger partial charge in [-0.3, -0.25) is 9.80 Å². The number of rotatable bonds is 8. The number of ether oxygens (including phenoxy) is 1. The Labute approximate surface area is 196 Å². The third-order valence-corrected chi connectivity index (χ3v) is 7.23. The van der Waals surface area contributed by atoms with Crippen molar-refractivity contribution >= 4 is 16.8 Å². The second-order valence-corrected chi connectivity index (χ2v) is 9.32. The molecule has 0 amide bonds. The van der Waals surface area contributed by atoms with E-state index in [1.807, 2.05) is 24.4 Å². The van der Waals surface area contributed by atoms with E-state index in [1.54, 1.807) is 0 Å². The van der Waals surface area contributed by atoms with E-state index in [1.165, 1.54) is 18.4 Å². The van der Waals surface area contributed by atoms with Crippen LogP contribution in [0.2, 0.25) is 0 Å². The van der Waals surface area contributed by atoms with Crippen LogP contribution < -0.4 is 9.64 Å². The molecule has 2 saturated heterocycles. The van der Waals surface area contributed by atoms with Crippen LogP contribution in [0.4, 0.5) is 5.82 Å². The minimum atomic E-state index is 0.554. The molecule has 7 heteroatoms. The van der Waals surface area contributed by atoms with Crippen molar-refractivity contribution in [2.24, 2.45) is 5.92 Å². The predicted octanol–water partition coefficient (Wildman–Crippen LogP) is 4.04. The van der Waals surface area contributed by atoms with Crippen LogP contribution in [0, 0.1) is 5.92 Å². The zero-order valence-electron chi connectivity index (χ0n) is 19.8. The number of anilines is 1. The number of fused-ring (bicyclic) bond motifs is 2. The molecule has 176 valence electrons. The van der Waals surface area contributed by atoms with Gasteiger partial charge >= 0.3 is 0 Å². The van der Waals surface area contributed by atoms with Gasteiger partial charge in [0, 0.05) is 56.9 Å². The maximum absolute atomic E-state index is 6.08. The van der Waals surface area contributed by atoms with Crippen LogP contribution in [0.25, 0.3) is 11.0 Å². The minimum absolute atomic E-state index is 0.554. The zero-order chi connectivity index (χ0) is 22.6. The van der Waals surface area contributed by atoms with E-state index in [9.17, 15) is 0 Å².